The molecule has 1 rings (SSSR count). The third-order valence-corrected chi connectivity index (χ3v) is 2.26. The highest BCUT2D eigenvalue weighted by Crippen LogP contribution is 2.30. The van der Waals surface area contributed by atoms with Crippen molar-refractivity contribution in [2.45, 2.75) is 19.3 Å². The van der Waals surface area contributed by atoms with Gasteiger partial charge in [0.2, 0.25) is 5.88 Å². The maximum atomic E-state index is 5.75. The van der Waals surface area contributed by atoms with Crippen LogP contribution >= 0.6 is 11.6 Å². The fourth-order valence-electron chi connectivity index (χ4n) is 1.13. The van der Waals surface area contributed by atoms with Gasteiger partial charge >= 0.3 is 0 Å². The van der Waals surface area contributed by atoms with Crippen molar-refractivity contribution < 1.29 is 4.74 Å². The van der Waals surface area contributed by atoms with Gasteiger partial charge in [-0.15, -0.1) is 6.42 Å². The van der Waals surface area contributed by atoms with Gasteiger partial charge in [0.25, 0.3) is 0 Å². The number of methoxy groups -OCH3 is 1. The summed E-state index contributed by atoms with van der Waals surface area (Å²) < 4.78 is 5.12. The zero-order chi connectivity index (χ0) is 10.8. The van der Waals surface area contributed by atoms with Gasteiger partial charge in [0, 0.05) is 5.56 Å². The number of aromatic nitrogens is 1. The van der Waals surface area contributed by atoms with Crippen LogP contribution < -0.4 is 4.74 Å². The Morgan fingerprint density at radius 3 is 2.64 bits per heavy atom. The van der Waals surface area contributed by atoms with E-state index < -0.39 is 5.41 Å². The second-order valence-corrected chi connectivity index (χ2v) is 3.85. The van der Waals surface area contributed by atoms with E-state index in [0.717, 1.165) is 5.56 Å². The van der Waals surface area contributed by atoms with Crippen molar-refractivity contribution in [2.75, 3.05) is 7.11 Å². The normalized spacial score (nSPS) is 10.8. The lowest BCUT2D eigenvalue weighted by molar-refractivity contribution is 0.386. The molecular formula is C11H12ClNO. The van der Waals surface area contributed by atoms with Crippen LogP contribution in [0.15, 0.2) is 12.1 Å². The van der Waals surface area contributed by atoms with Crippen molar-refractivity contribution in [3.05, 3.63) is 22.8 Å². The third-order valence-electron chi connectivity index (χ3n) is 2.05. The van der Waals surface area contributed by atoms with E-state index >= 15 is 0 Å². The van der Waals surface area contributed by atoms with E-state index in [1.807, 2.05) is 19.9 Å². The minimum Gasteiger partial charge on any atom is -0.481 e. The summed E-state index contributed by atoms with van der Waals surface area (Å²) in [5, 5.41) is 0.401. The molecule has 0 fully saturated rings. The summed E-state index contributed by atoms with van der Waals surface area (Å²) in [5.74, 6) is 3.18. The number of halogens is 1. The maximum absolute atomic E-state index is 5.75. The molecule has 0 aliphatic heterocycles. The lowest BCUT2D eigenvalue weighted by atomic mass is 9.86. The van der Waals surface area contributed by atoms with Gasteiger partial charge in [-0.1, -0.05) is 17.5 Å². The number of terminal acetylenes is 1. The number of hydrogen-bond acceptors (Lipinski definition) is 2. The Morgan fingerprint density at radius 2 is 2.14 bits per heavy atom. The van der Waals surface area contributed by atoms with Gasteiger partial charge in [0.05, 0.1) is 12.5 Å². The van der Waals surface area contributed by atoms with Gasteiger partial charge in [-0.25, -0.2) is 4.98 Å². The molecule has 1 aromatic rings. The van der Waals surface area contributed by atoms with E-state index in [4.69, 9.17) is 22.8 Å². The van der Waals surface area contributed by atoms with Gasteiger partial charge in [0.15, 0.2) is 0 Å². The molecule has 0 bridgehead atoms. The zero-order valence-corrected chi connectivity index (χ0v) is 9.22. The summed E-state index contributed by atoms with van der Waals surface area (Å²) in [6, 6.07) is 3.55. The summed E-state index contributed by atoms with van der Waals surface area (Å²) in [6.45, 7) is 3.86. The predicted molar refractivity (Wildman–Crippen MR) is 57.7 cm³/mol. The van der Waals surface area contributed by atoms with Crippen LogP contribution in [0.1, 0.15) is 19.4 Å². The van der Waals surface area contributed by atoms with E-state index in [9.17, 15) is 0 Å². The van der Waals surface area contributed by atoms with E-state index in [1.165, 1.54) is 0 Å². The number of rotatable bonds is 2. The van der Waals surface area contributed by atoms with Crippen LogP contribution in [0.25, 0.3) is 0 Å². The minimum atomic E-state index is -0.400. The summed E-state index contributed by atoms with van der Waals surface area (Å²) in [4.78, 5) is 4.05. The molecule has 0 saturated heterocycles. The monoisotopic (exact) mass is 209 g/mol. The number of nitrogens with zero attached hydrogens (tertiary/aromatic N) is 1. The predicted octanol–water partition coefficient (Wildman–Crippen LogP) is 2.65. The summed E-state index contributed by atoms with van der Waals surface area (Å²) in [5.41, 5.74) is 0.468. The van der Waals surface area contributed by atoms with Crippen LogP contribution in [0.5, 0.6) is 5.88 Å². The number of hydrogen-bond donors (Lipinski definition) is 0. The number of pyridine rings is 1. The molecule has 0 spiro atoms. The van der Waals surface area contributed by atoms with Crippen molar-refractivity contribution in [1.82, 2.24) is 4.98 Å². The molecule has 0 radical (unpaired) electrons. The molecule has 0 atom stereocenters. The molecule has 1 heterocycles. The van der Waals surface area contributed by atoms with Crippen LogP contribution in [0, 0.1) is 12.3 Å². The highest BCUT2D eigenvalue weighted by atomic mass is 35.5. The second-order valence-electron chi connectivity index (χ2n) is 3.46. The summed E-state index contributed by atoms with van der Waals surface area (Å²) >= 11 is 5.75. The van der Waals surface area contributed by atoms with E-state index in [-0.39, 0.29) is 0 Å². The van der Waals surface area contributed by atoms with Gasteiger partial charge < -0.3 is 4.74 Å². The van der Waals surface area contributed by atoms with Gasteiger partial charge in [-0.3, -0.25) is 0 Å². The first-order chi connectivity index (χ1) is 6.51. The Morgan fingerprint density at radius 1 is 1.50 bits per heavy atom. The highest BCUT2D eigenvalue weighted by Gasteiger charge is 2.22. The first-order valence-corrected chi connectivity index (χ1v) is 4.58. The quantitative estimate of drug-likeness (QED) is 0.552. The Bertz CT molecular complexity index is 379. The zero-order valence-electron chi connectivity index (χ0n) is 8.47. The molecule has 0 amide bonds. The average molecular weight is 210 g/mol. The van der Waals surface area contributed by atoms with E-state index in [2.05, 4.69) is 10.9 Å². The van der Waals surface area contributed by atoms with Crippen LogP contribution in [-0.4, -0.2) is 12.1 Å². The van der Waals surface area contributed by atoms with Crippen LogP contribution in [0.2, 0.25) is 5.15 Å². The lowest BCUT2D eigenvalue weighted by Gasteiger charge is -2.19. The third kappa shape index (κ3) is 2.00. The highest BCUT2D eigenvalue weighted by molar-refractivity contribution is 6.29. The van der Waals surface area contributed by atoms with Crippen molar-refractivity contribution in [3.8, 4) is 18.2 Å². The fraction of sp³-hybridized carbons (Fsp3) is 0.364. The molecule has 0 N–H and O–H groups in total. The molecule has 2 nitrogen and oxygen atoms in total. The molecule has 14 heavy (non-hydrogen) atoms. The van der Waals surface area contributed by atoms with Crippen molar-refractivity contribution in [2.24, 2.45) is 0 Å². The Hall–Kier alpha value is -1.20. The molecule has 0 aromatic carbocycles. The van der Waals surface area contributed by atoms with Gasteiger partial charge in [0.1, 0.15) is 5.15 Å². The molecular weight excluding hydrogens is 198 g/mol. The molecule has 3 heteroatoms. The van der Waals surface area contributed by atoms with Gasteiger partial charge in [-0.2, -0.15) is 0 Å². The van der Waals surface area contributed by atoms with Crippen LogP contribution in [0.4, 0.5) is 0 Å². The lowest BCUT2D eigenvalue weighted by Crippen LogP contribution is -2.15. The average Bonchev–Trinajstić information content (AvgIpc) is 2.17. The maximum Gasteiger partial charge on any atom is 0.219 e. The first-order valence-electron chi connectivity index (χ1n) is 4.20. The molecule has 0 unspecified atom stereocenters. The van der Waals surface area contributed by atoms with E-state index in [0.29, 0.717) is 11.0 Å². The second kappa shape index (κ2) is 3.89. The molecule has 1 aromatic heterocycles. The van der Waals surface area contributed by atoms with E-state index in [1.54, 1.807) is 13.2 Å². The Kier molecular flexibility index (Phi) is 3.03. The van der Waals surface area contributed by atoms with Crippen molar-refractivity contribution in [3.63, 3.8) is 0 Å². The summed E-state index contributed by atoms with van der Waals surface area (Å²) in [7, 11) is 1.55. The first kappa shape index (κ1) is 10.9. The Balaban J connectivity index is 3.29. The minimum absolute atomic E-state index is 0.400. The molecule has 0 aliphatic rings. The van der Waals surface area contributed by atoms with Crippen molar-refractivity contribution in [1.29, 1.82) is 0 Å². The number of ether oxygens (including phenoxy) is 1. The van der Waals surface area contributed by atoms with Crippen LogP contribution in [-0.2, 0) is 5.41 Å². The standard InChI is InChI=1S/C11H12ClNO/c1-5-11(2,3)8-6-7-9(12)13-10(8)14-4/h1,6-7H,2-4H3. The molecule has 0 saturated carbocycles. The summed E-state index contributed by atoms with van der Waals surface area (Å²) in [6.07, 6.45) is 5.43. The van der Waals surface area contributed by atoms with Gasteiger partial charge in [-0.05, 0) is 26.0 Å². The smallest absolute Gasteiger partial charge is 0.219 e. The largest absolute Gasteiger partial charge is 0.481 e. The molecule has 0 aliphatic carbocycles. The topological polar surface area (TPSA) is 22.1 Å². The fourth-order valence-corrected chi connectivity index (χ4v) is 1.27. The van der Waals surface area contributed by atoms with Crippen molar-refractivity contribution >= 4 is 11.6 Å². The SMILES string of the molecule is C#CC(C)(C)c1ccc(Cl)nc1OC. The Labute approximate surface area is 89.3 Å². The molecule has 74 valence electrons. The van der Waals surface area contributed by atoms with Crippen LogP contribution in [0.3, 0.4) is 0 Å².